The number of anilines is 2. The number of benzene rings is 4. The van der Waals surface area contributed by atoms with Crippen LogP contribution < -0.4 is 18.7 Å². The van der Waals surface area contributed by atoms with Crippen LogP contribution in [0, 0.1) is 0 Å². The Balaban J connectivity index is 1.26. The number of nitrogens with zero attached hydrogens (tertiary/aromatic N) is 3. The highest BCUT2D eigenvalue weighted by atomic mass is 32.2. The van der Waals surface area contributed by atoms with Crippen LogP contribution >= 0.6 is 0 Å². The Kier molecular flexibility index (Phi) is 6.75. The highest BCUT2D eigenvalue weighted by Gasteiger charge is 2.42. The van der Waals surface area contributed by atoms with Gasteiger partial charge in [-0.15, -0.1) is 0 Å². The molecule has 0 aromatic heterocycles. The van der Waals surface area contributed by atoms with E-state index in [0.717, 1.165) is 22.4 Å². The predicted octanol–water partition coefficient (Wildman–Crippen LogP) is 4.50. The summed E-state index contributed by atoms with van der Waals surface area (Å²) in [6, 6.07) is 25.8. The summed E-state index contributed by atoms with van der Waals surface area (Å²) in [6.45, 7) is 2.56. The fraction of sp³-hybridized carbons (Fsp3) is 0.258. The van der Waals surface area contributed by atoms with Gasteiger partial charge in [-0.3, -0.25) is 9.10 Å². The molecule has 0 aliphatic carbocycles. The predicted molar refractivity (Wildman–Crippen MR) is 156 cm³/mol. The van der Waals surface area contributed by atoms with Crippen molar-refractivity contribution < 1.29 is 22.7 Å². The maximum atomic E-state index is 14.2. The molecule has 2 aliphatic heterocycles. The van der Waals surface area contributed by atoms with E-state index in [4.69, 9.17) is 9.47 Å². The third kappa shape index (κ3) is 4.40. The summed E-state index contributed by atoms with van der Waals surface area (Å²) in [6.07, 6.45) is 0. The number of ether oxygens (including phenoxy) is 2. The Morgan fingerprint density at radius 3 is 2.27 bits per heavy atom. The quantitative estimate of drug-likeness (QED) is 0.348. The highest BCUT2D eigenvalue weighted by molar-refractivity contribution is 7.93. The molecule has 0 bridgehead atoms. The molecule has 4 aromatic carbocycles. The highest BCUT2D eigenvalue weighted by Crippen LogP contribution is 2.42. The normalized spacial score (nSPS) is 17.1. The minimum Gasteiger partial charge on any atom is -0.497 e. The Morgan fingerprint density at radius 1 is 0.800 bits per heavy atom. The van der Waals surface area contributed by atoms with Crippen molar-refractivity contribution in [2.24, 2.45) is 0 Å². The molecule has 1 atom stereocenters. The van der Waals surface area contributed by atoms with Gasteiger partial charge < -0.3 is 19.3 Å². The third-order valence-electron chi connectivity index (χ3n) is 7.87. The first-order chi connectivity index (χ1) is 19.4. The number of rotatable bonds is 6. The van der Waals surface area contributed by atoms with Crippen LogP contribution in [0.2, 0.25) is 0 Å². The molecule has 1 fully saturated rings. The lowest BCUT2D eigenvalue weighted by atomic mass is 9.99. The van der Waals surface area contributed by atoms with Gasteiger partial charge in [-0.1, -0.05) is 48.5 Å². The topological polar surface area (TPSA) is 79.4 Å². The lowest BCUT2D eigenvalue weighted by Crippen LogP contribution is -2.50. The minimum absolute atomic E-state index is 0.0463. The number of piperazine rings is 1. The van der Waals surface area contributed by atoms with E-state index >= 15 is 0 Å². The largest absolute Gasteiger partial charge is 0.497 e. The van der Waals surface area contributed by atoms with Gasteiger partial charge >= 0.3 is 0 Å². The number of sulfonamides is 1. The van der Waals surface area contributed by atoms with Gasteiger partial charge in [0.2, 0.25) is 5.91 Å². The summed E-state index contributed by atoms with van der Waals surface area (Å²) >= 11 is 0. The lowest BCUT2D eigenvalue weighted by Gasteiger charge is -2.37. The van der Waals surface area contributed by atoms with E-state index in [2.05, 4.69) is 4.90 Å². The van der Waals surface area contributed by atoms with Gasteiger partial charge in [0.1, 0.15) is 11.5 Å². The Bertz CT molecular complexity index is 1680. The first kappa shape index (κ1) is 26.0. The number of carbonyl (C=O) groups is 1. The summed E-state index contributed by atoms with van der Waals surface area (Å²) in [5.41, 5.74) is 2.35. The van der Waals surface area contributed by atoms with E-state index < -0.39 is 15.9 Å². The summed E-state index contributed by atoms with van der Waals surface area (Å²) in [5.74, 6) is 0.788. The number of hydrogen-bond donors (Lipinski definition) is 0. The zero-order valence-electron chi connectivity index (χ0n) is 22.5. The van der Waals surface area contributed by atoms with Crippen LogP contribution in [0.15, 0.2) is 89.8 Å². The SMILES string of the molecule is COc1cccc(N2CCN(C(=O)C3CN(S(=O)(=O)c4ccc(OC)c5ccccc45)c4ccccc43)CC2)c1. The average molecular weight is 558 g/mol. The Morgan fingerprint density at radius 2 is 1.52 bits per heavy atom. The molecule has 1 unspecified atom stereocenters. The molecular formula is C31H31N3O5S. The number of hydrogen-bond acceptors (Lipinski definition) is 6. The molecule has 1 saturated heterocycles. The first-order valence-corrected chi connectivity index (χ1v) is 14.7. The standard InChI is InChI=1S/C31H31N3O5S/c1-38-23-9-7-8-22(20-23)32-16-18-33(19-17-32)31(35)27-21-34(28-13-6-5-10-24(27)28)40(36,37)30-15-14-29(39-2)25-11-3-4-12-26(25)30/h3-15,20,27H,16-19,21H2,1-2H3. The van der Waals surface area contributed by atoms with Gasteiger partial charge in [-0.05, 0) is 35.9 Å². The molecule has 40 heavy (non-hydrogen) atoms. The summed E-state index contributed by atoms with van der Waals surface area (Å²) < 4.78 is 40.5. The number of amides is 1. The first-order valence-electron chi connectivity index (χ1n) is 13.3. The zero-order valence-corrected chi connectivity index (χ0v) is 23.3. The van der Waals surface area contributed by atoms with Gasteiger partial charge in [0, 0.05) is 48.7 Å². The molecular weight excluding hydrogens is 526 g/mol. The minimum atomic E-state index is -3.97. The lowest BCUT2D eigenvalue weighted by molar-refractivity contribution is -0.132. The second-order valence-corrected chi connectivity index (χ2v) is 11.8. The molecule has 8 nitrogen and oxygen atoms in total. The summed E-state index contributed by atoms with van der Waals surface area (Å²) in [5, 5.41) is 1.31. The second kappa shape index (κ2) is 10.4. The molecule has 0 radical (unpaired) electrons. The van der Waals surface area contributed by atoms with Crippen LogP contribution in [0.4, 0.5) is 11.4 Å². The van der Waals surface area contributed by atoms with Crippen molar-refractivity contribution in [1.29, 1.82) is 0 Å². The molecule has 6 rings (SSSR count). The smallest absolute Gasteiger partial charge is 0.264 e. The molecule has 206 valence electrons. The zero-order chi connectivity index (χ0) is 27.9. The number of para-hydroxylation sites is 1. The van der Waals surface area contributed by atoms with E-state index in [1.54, 1.807) is 38.5 Å². The summed E-state index contributed by atoms with van der Waals surface area (Å²) in [7, 11) is -0.748. The van der Waals surface area contributed by atoms with Crippen LogP contribution in [0.1, 0.15) is 11.5 Å². The van der Waals surface area contributed by atoms with Crippen molar-refractivity contribution in [1.82, 2.24) is 4.90 Å². The van der Waals surface area contributed by atoms with Gasteiger partial charge in [-0.2, -0.15) is 0 Å². The van der Waals surface area contributed by atoms with E-state index in [1.165, 1.54) is 4.31 Å². The van der Waals surface area contributed by atoms with Crippen LogP contribution in [0.5, 0.6) is 11.5 Å². The van der Waals surface area contributed by atoms with Gasteiger partial charge in [-0.25, -0.2) is 8.42 Å². The number of methoxy groups -OCH3 is 2. The molecule has 0 spiro atoms. The van der Waals surface area contributed by atoms with E-state index in [1.807, 2.05) is 65.6 Å². The van der Waals surface area contributed by atoms with Crippen LogP contribution in [-0.4, -0.2) is 66.2 Å². The maximum absolute atomic E-state index is 14.2. The molecule has 1 amide bonds. The van der Waals surface area contributed by atoms with Gasteiger partial charge in [0.25, 0.3) is 10.0 Å². The van der Waals surface area contributed by atoms with Gasteiger partial charge in [0.05, 0.1) is 37.3 Å². The third-order valence-corrected chi connectivity index (χ3v) is 9.71. The van der Waals surface area contributed by atoms with E-state index in [-0.39, 0.29) is 17.3 Å². The molecule has 9 heteroatoms. The fourth-order valence-corrected chi connectivity index (χ4v) is 7.49. The molecule has 0 saturated carbocycles. The second-order valence-electron chi connectivity index (χ2n) is 9.97. The molecule has 2 heterocycles. The van der Waals surface area contributed by atoms with Crippen LogP contribution in [0.25, 0.3) is 10.8 Å². The van der Waals surface area contributed by atoms with Crippen molar-refractivity contribution in [2.75, 3.05) is 56.1 Å². The van der Waals surface area contributed by atoms with Crippen molar-refractivity contribution in [3.05, 3.63) is 90.5 Å². The van der Waals surface area contributed by atoms with Crippen molar-refractivity contribution >= 4 is 38.1 Å². The number of carbonyl (C=O) groups excluding carboxylic acids is 1. The average Bonchev–Trinajstić information content (AvgIpc) is 3.41. The van der Waals surface area contributed by atoms with E-state index in [9.17, 15) is 13.2 Å². The summed E-state index contributed by atoms with van der Waals surface area (Å²) in [4.78, 5) is 18.1. The Labute approximate surface area is 234 Å². The molecule has 4 aromatic rings. The molecule has 0 N–H and O–H groups in total. The number of fused-ring (bicyclic) bond motifs is 2. The van der Waals surface area contributed by atoms with Crippen LogP contribution in [-0.2, 0) is 14.8 Å². The van der Waals surface area contributed by atoms with Crippen molar-refractivity contribution in [3.8, 4) is 11.5 Å². The van der Waals surface area contributed by atoms with Crippen molar-refractivity contribution in [2.45, 2.75) is 10.8 Å². The van der Waals surface area contributed by atoms with Gasteiger partial charge in [0.15, 0.2) is 0 Å². The maximum Gasteiger partial charge on any atom is 0.264 e. The Hall–Kier alpha value is -4.24. The van der Waals surface area contributed by atoms with E-state index in [0.29, 0.717) is 43.0 Å². The fourth-order valence-electron chi connectivity index (χ4n) is 5.79. The van der Waals surface area contributed by atoms with Crippen LogP contribution in [0.3, 0.4) is 0 Å². The van der Waals surface area contributed by atoms with Crippen molar-refractivity contribution in [3.63, 3.8) is 0 Å². The molecule has 2 aliphatic rings. The monoisotopic (exact) mass is 557 g/mol.